The molecule has 1 aromatic carbocycles. The molecule has 0 saturated carbocycles. The third-order valence-corrected chi connectivity index (χ3v) is 3.30. The van der Waals surface area contributed by atoms with E-state index < -0.39 is 5.97 Å². The molecule has 5 heteroatoms. The molecule has 106 valence electrons. The fourth-order valence-electron chi connectivity index (χ4n) is 2.29. The van der Waals surface area contributed by atoms with Crippen molar-refractivity contribution in [3.8, 4) is 0 Å². The number of aromatic carboxylic acids is 1. The Morgan fingerprint density at radius 2 is 2.14 bits per heavy atom. The first-order chi connectivity index (χ1) is 10.1. The van der Waals surface area contributed by atoms with Crippen molar-refractivity contribution in [2.45, 2.75) is 6.54 Å². The van der Waals surface area contributed by atoms with Crippen LogP contribution in [0.25, 0.3) is 10.9 Å². The minimum absolute atomic E-state index is 0.194. The Morgan fingerprint density at radius 1 is 1.33 bits per heavy atom. The van der Waals surface area contributed by atoms with Crippen LogP contribution in [0.1, 0.15) is 15.9 Å². The number of hydrogen-bond donors (Lipinski definition) is 1. The Labute approximate surface area is 121 Å². The van der Waals surface area contributed by atoms with Gasteiger partial charge in [-0.2, -0.15) is 0 Å². The van der Waals surface area contributed by atoms with Crippen LogP contribution in [0.3, 0.4) is 0 Å². The highest BCUT2D eigenvalue weighted by atomic mass is 16.4. The van der Waals surface area contributed by atoms with Gasteiger partial charge in [-0.25, -0.2) is 9.78 Å². The van der Waals surface area contributed by atoms with Gasteiger partial charge in [-0.1, -0.05) is 18.2 Å². The predicted octanol–water partition coefficient (Wildman–Crippen LogP) is 3.16. The smallest absolute Gasteiger partial charge is 0.339 e. The number of rotatable bonds is 4. The summed E-state index contributed by atoms with van der Waals surface area (Å²) >= 11 is 0. The zero-order chi connectivity index (χ0) is 14.8. The molecule has 0 radical (unpaired) electrons. The fraction of sp³-hybridized carbons (Fsp3) is 0.125. The molecule has 5 nitrogen and oxygen atoms in total. The summed E-state index contributed by atoms with van der Waals surface area (Å²) in [5.41, 5.74) is 1.93. The molecule has 2 aromatic heterocycles. The number of para-hydroxylation sites is 1. The average molecular weight is 282 g/mol. The molecule has 0 bridgehead atoms. The van der Waals surface area contributed by atoms with Crippen LogP contribution in [0, 0.1) is 0 Å². The molecule has 0 saturated heterocycles. The molecular weight excluding hydrogens is 268 g/mol. The zero-order valence-corrected chi connectivity index (χ0v) is 11.5. The molecule has 21 heavy (non-hydrogen) atoms. The summed E-state index contributed by atoms with van der Waals surface area (Å²) in [7, 11) is 1.82. The lowest BCUT2D eigenvalue weighted by Crippen LogP contribution is -2.20. The molecule has 0 fully saturated rings. The minimum atomic E-state index is -0.984. The van der Waals surface area contributed by atoms with Crippen molar-refractivity contribution in [1.82, 2.24) is 4.98 Å². The van der Waals surface area contributed by atoms with Gasteiger partial charge in [0.2, 0.25) is 0 Å². The fourth-order valence-corrected chi connectivity index (χ4v) is 2.29. The molecule has 3 rings (SSSR count). The quantitative estimate of drug-likeness (QED) is 0.796. The van der Waals surface area contributed by atoms with Crippen LogP contribution in [0.5, 0.6) is 0 Å². The Balaban J connectivity index is 2.06. The summed E-state index contributed by atoms with van der Waals surface area (Å²) < 4.78 is 5.04. The van der Waals surface area contributed by atoms with Gasteiger partial charge in [0.15, 0.2) is 0 Å². The number of carboxylic acids is 1. The Hall–Kier alpha value is -2.82. The second-order valence-electron chi connectivity index (χ2n) is 4.85. The largest absolute Gasteiger partial charge is 0.478 e. The normalized spacial score (nSPS) is 10.7. The SMILES string of the molecule is CN(Cc1ccoc1)c1nc2ccccc2cc1C(=O)O. The number of furan rings is 1. The highest BCUT2D eigenvalue weighted by Crippen LogP contribution is 2.24. The topological polar surface area (TPSA) is 66.6 Å². The number of hydrogen-bond acceptors (Lipinski definition) is 4. The third kappa shape index (κ3) is 2.58. The summed E-state index contributed by atoms with van der Waals surface area (Å²) in [5.74, 6) is -0.537. The summed E-state index contributed by atoms with van der Waals surface area (Å²) in [6.07, 6.45) is 3.23. The van der Waals surface area contributed by atoms with E-state index in [4.69, 9.17) is 4.42 Å². The number of aromatic nitrogens is 1. The van der Waals surface area contributed by atoms with E-state index in [1.165, 1.54) is 0 Å². The number of nitrogens with zero attached hydrogens (tertiary/aromatic N) is 2. The lowest BCUT2D eigenvalue weighted by molar-refractivity contribution is 0.0697. The van der Waals surface area contributed by atoms with Crippen LogP contribution < -0.4 is 4.90 Å². The van der Waals surface area contributed by atoms with E-state index in [1.54, 1.807) is 23.5 Å². The van der Waals surface area contributed by atoms with E-state index in [-0.39, 0.29) is 5.56 Å². The molecule has 3 aromatic rings. The van der Waals surface area contributed by atoms with Crippen LogP contribution in [-0.2, 0) is 6.54 Å². The average Bonchev–Trinajstić information content (AvgIpc) is 2.98. The summed E-state index contributed by atoms with van der Waals surface area (Å²) in [4.78, 5) is 17.8. The molecule has 2 heterocycles. The maximum atomic E-state index is 11.5. The van der Waals surface area contributed by atoms with Crippen LogP contribution in [-0.4, -0.2) is 23.1 Å². The van der Waals surface area contributed by atoms with Crippen LogP contribution >= 0.6 is 0 Å². The molecule has 0 aliphatic rings. The number of fused-ring (bicyclic) bond motifs is 1. The maximum Gasteiger partial charge on any atom is 0.339 e. The Bertz CT molecular complexity index is 781. The highest BCUT2D eigenvalue weighted by molar-refractivity contribution is 5.98. The summed E-state index contributed by atoms with van der Waals surface area (Å²) in [5, 5.41) is 10.2. The lowest BCUT2D eigenvalue weighted by Gasteiger charge is -2.19. The molecule has 1 N–H and O–H groups in total. The van der Waals surface area contributed by atoms with Crippen molar-refractivity contribution in [2.24, 2.45) is 0 Å². The minimum Gasteiger partial charge on any atom is -0.478 e. The number of benzene rings is 1. The van der Waals surface area contributed by atoms with Crippen molar-refractivity contribution in [2.75, 3.05) is 11.9 Å². The van der Waals surface area contributed by atoms with Gasteiger partial charge in [0, 0.05) is 24.5 Å². The van der Waals surface area contributed by atoms with Crippen molar-refractivity contribution >= 4 is 22.7 Å². The second kappa shape index (κ2) is 5.28. The van der Waals surface area contributed by atoms with Crippen LogP contribution in [0.2, 0.25) is 0 Å². The second-order valence-corrected chi connectivity index (χ2v) is 4.85. The van der Waals surface area contributed by atoms with Crippen molar-refractivity contribution < 1.29 is 14.3 Å². The first-order valence-corrected chi connectivity index (χ1v) is 6.50. The molecule has 0 unspecified atom stereocenters. The van der Waals surface area contributed by atoms with Gasteiger partial charge in [-0.15, -0.1) is 0 Å². The molecule has 0 spiro atoms. The zero-order valence-electron chi connectivity index (χ0n) is 11.5. The number of pyridine rings is 1. The van der Waals surface area contributed by atoms with Gasteiger partial charge in [0.1, 0.15) is 11.4 Å². The highest BCUT2D eigenvalue weighted by Gasteiger charge is 2.17. The molecule has 0 aliphatic carbocycles. The number of carbonyl (C=O) groups is 1. The van der Waals surface area contributed by atoms with Gasteiger partial charge < -0.3 is 14.4 Å². The van der Waals surface area contributed by atoms with Gasteiger partial charge in [0.05, 0.1) is 18.0 Å². The van der Waals surface area contributed by atoms with E-state index in [2.05, 4.69) is 4.98 Å². The Morgan fingerprint density at radius 3 is 2.86 bits per heavy atom. The van der Waals surface area contributed by atoms with E-state index in [1.807, 2.05) is 37.4 Å². The predicted molar refractivity (Wildman–Crippen MR) is 79.5 cm³/mol. The van der Waals surface area contributed by atoms with E-state index in [0.717, 1.165) is 16.5 Å². The molecule has 0 atom stereocenters. The lowest BCUT2D eigenvalue weighted by atomic mass is 10.1. The van der Waals surface area contributed by atoms with E-state index in [0.29, 0.717) is 12.4 Å². The standard InChI is InChI=1S/C16H14N2O3/c1-18(9-11-6-7-21-10-11)15-13(16(19)20)8-12-4-2-3-5-14(12)17-15/h2-8,10H,9H2,1H3,(H,19,20). The van der Waals surface area contributed by atoms with Crippen molar-refractivity contribution in [3.05, 3.63) is 60.1 Å². The first kappa shape index (κ1) is 13.2. The van der Waals surface area contributed by atoms with Gasteiger partial charge in [-0.3, -0.25) is 0 Å². The number of carboxylic acid groups (broad SMARTS) is 1. The number of anilines is 1. The molecule has 0 amide bonds. The van der Waals surface area contributed by atoms with E-state index in [9.17, 15) is 9.90 Å². The maximum absolute atomic E-state index is 11.5. The van der Waals surface area contributed by atoms with Crippen molar-refractivity contribution in [1.29, 1.82) is 0 Å². The Kier molecular flexibility index (Phi) is 3.31. The van der Waals surface area contributed by atoms with Gasteiger partial charge in [0.25, 0.3) is 0 Å². The summed E-state index contributed by atoms with van der Waals surface area (Å²) in [6, 6.07) is 11.0. The first-order valence-electron chi connectivity index (χ1n) is 6.50. The van der Waals surface area contributed by atoms with Gasteiger partial charge in [-0.05, 0) is 18.2 Å². The third-order valence-electron chi connectivity index (χ3n) is 3.30. The monoisotopic (exact) mass is 282 g/mol. The molecular formula is C16H14N2O3. The van der Waals surface area contributed by atoms with Crippen molar-refractivity contribution in [3.63, 3.8) is 0 Å². The van der Waals surface area contributed by atoms with Crippen LogP contribution in [0.15, 0.2) is 53.3 Å². The summed E-state index contributed by atoms with van der Waals surface area (Å²) in [6.45, 7) is 0.530. The van der Waals surface area contributed by atoms with Crippen LogP contribution in [0.4, 0.5) is 5.82 Å². The van der Waals surface area contributed by atoms with Gasteiger partial charge >= 0.3 is 5.97 Å². The van der Waals surface area contributed by atoms with E-state index >= 15 is 0 Å². The molecule has 0 aliphatic heterocycles.